The van der Waals surface area contributed by atoms with Gasteiger partial charge in [0.2, 0.25) is 0 Å². The Morgan fingerprint density at radius 3 is 1.75 bits per heavy atom. The molecule has 0 saturated carbocycles. The predicted molar refractivity (Wildman–Crippen MR) is 215 cm³/mol. The molecular formula is C48H31N3O. The summed E-state index contributed by atoms with van der Waals surface area (Å²) in [4.78, 5) is 12.9. The van der Waals surface area contributed by atoms with Crippen molar-refractivity contribution in [2.45, 2.75) is 0 Å². The number of benzene rings is 8. The normalized spacial score (nSPS) is 11.5. The molecule has 2 aromatic heterocycles. The zero-order valence-corrected chi connectivity index (χ0v) is 28.1. The van der Waals surface area contributed by atoms with Crippen molar-refractivity contribution in [2.24, 2.45) is 0 Å². The van der Waals surface area contributed by atoms with Gasteiger partial charge in [-0.05, 0) is 71.1 Å². The van der Waals surface area contributed by atoms with Gasteiger partial charge in [-0.15, -0.1) is 0 Å². The molecule has 8 aromatic carbocycles. The van der Waals surface area contributed by atoms with Crippen LogP contribution in [0.4, 0.5) is 17.1 Å². The third-order valence-electron chi connectivity index (χ3n) is 9.82. The van der Waals surface area contributed by atoms with Gasteiger partial charge in [-0.3, -0.25) is 0 Å². The molecule has 0 aliphatic heterocycles. The molecule has 0 unspecified atom stereocenters. The van der Waals surface area contributed by atoms with E-state index in [2.05, 4.69) is 157 Å². The molecule has 2 heterocycles. The standard InChI is InChI=1S/C48H31N3O/c1-4-13-33(14-5-1)46-47(34-15-6-2-7-16-34)50-48-42-30-36(24-23-32(42)25-28-43(48)49-46)35-17-12-20-38(29-35)51(37-18-8-3-9-19-37)39-26-27-41-40-21-10-11-22-44(40)52-45(41)31-39/h1-31H. The molecule has 0 radical (unpaired) electrons. The van der Waals surface area contributed by atoms with Gasteiger partial charge in [-0.1, -0.05) is 127 Å². The lowest BCUT2D eigenvalue weighted by Gasteiger charge is -2.26. The summed E-state index contributed by atoms with van der Waals surface area (Å²) in [5.41, 5.74) is 12.7. The summed E-state index contributed by atoms with van der Waals surface area (Å²) in [7, 11) is 0. The maximum atomic E-state index is 6.32. The Bertz CT molecular complexity index is 2900. The monoisotopic (exact) mass is 665 g/mol. The van der Waals surface area contributed by atoms with Crippen molar-refractivity contribution in [3.8, 4) is 33.6 Å². The van der Waals surface area contributed by atoms with Crippen LogP contribution in [0.5, 0.6) is 0 Å². The number of hydrogen-bond acceptors (Lipinski definition) is 4. The van der Waals surface area contributed by atoms with E-state index >= 15 is 0 Å². The molecule has 0 aliphatic rings. The van der Waals surface area contributed by atoms with Gasteiger partial charge >= 0.3 is 0 Å². The maximum absolute atomic E-state index is 6.32. The zero-order valence-electron chi connectivity index (χ0n) is 28.1. The van der Waals surface area contributed by atoms with E-state index in [1.165, 1.54) is 0 Å². The van der Waals surface area contributed by atoms with E-state index in [4.69, 9.17) is 14.4 Å². The number of anilines is 3. The fourth-order valence-corrected chi connectivity index (χ4v) is 7.31. The first-order valence-corrected chi connectivity index (χ1v) is 17.5. The minimum atomic E-state index is 0.864. The van der Waals surface area contributed by atoms with Crippen LogP contribution in [0.25, 0.3) is 77.4 Å². The molecule has 0 amide bonds. The highest BCUT2D eigenvalue weighted by molar-refractivity contribution is 6.08. The van der Waals surface area contributed by atoms with Gasteiger partial charge < -0.3 is 9.32 Å². The Hall–Kier alpha value is -7.04. The van der Waals surface area contributed by atoms with Crippen molar-refractivity contribution in [1.29, 1.82) is 0 Å². The second-order valence-corrected chi connectivity index (χ2v) is 13.0. The van der Waals surface area contributed by atoms with Gasteiger partial charge in [0, 0.05) is 50.4 Å². The van der Waals surface area contributed by atoms with E-state index in [0.29, 0.717) is 0 Å². The molecule has 244 valence electrons. The average Bonchev–Trinajstić information content (AvgIpc) is 3.59. The largest absolute Gasteiger partial charge is 0.456 e. The van der Waals surface area contributed by atoms with Crippen molar-refractivity contribution < 1.29 is 4.42 Å². The van der Waals surface area contributed by atoms with Crippen LogP contribution in [0.3, 0.4) is 0 Å². The Morgan fingerprint density at radius 2 is 0.962 bits per heavy atom. The third-order valence-corrected chi connectivity index (χ3v) is 9.82. The second-order valence-electron chi connectivity index (χ2n) is 13.0. The topological polar surface area (TPSA) is 42.2 Å². The molecule has 0 atom stereocenters. The maximum Gasteiger partial charge on any atom is 0.137 e. The molecule has 0 aliphatic carbocycles. The van der Waals surface area contributed by atoms with Crippen LogP contribution in [0.1, 0.15) is 0 Å². The van der Waals surface area contributed by atoms with Gasteiger partial charge in [0.05, 0.1) is 22.4 Å². The number of furan rings is 1. The van der Waals surface area contributed by atoms with Crippen molar-refractivity contribution in [1.82, 2.24) is 9.97 Å². The molecule has 4 heteroatoms. The smallest absolute Gasteiger partial charge is 0.137 e. The number of hydrogen-bond donors (Lipinski definition) is 0. The van der Waals surface area contributed by atoms with E-state index in [9.17, 15) is 0 Å². The summed E-state index contributed by atoms with van der Waals surface area (Å²) in [6.07, 6.45) is 0. The molecule has 52 heavy (non-hydrogen) atoms. The van der Waals surface area contributed by atoms with E-state index in [0.717, 1.165) is 94.4 Å². The molecule has 10 aromatic rings. The second kappa shape index (κ2) is 12.4. The lowest BCUT2D eigenvalue weighted by atomic mass is 9.98. The molecule has 10 rings (SSSR count). The lowest BCUT2D eigenvalue weighted by molar-refractivity contribution is 0.669. The number of aromatic nitrogens is 2. The molecule has 0 fully saturated rings. The molecule has 4 nitrogen and oxygen atoms in total. The van der Waals surface area contributed by atoms with Crippen molar-refractivity contribution in [2.75, 3.05) is 4.90 Å². The Morgan fingerprint density at radius 1 is 0.365 bits per heavy atom. The van der Waals surface area contributed by atoms with Crippen LogP contribution in [0, 0.1) is 0 Å². The summed E-state index contributed by atoms with van der Waals surface area (Å²) in [6, 6.07) is 65.5. The van der Waals surface area contributed by atoms with Crippen LogP contribution in [-0.4, -0.2) is 9.97 Å². The SMILES string of the molecule is c1ccc(-c2nc3ccc4ccc(-c5cccc(N(c6ccccc6)c6ccc7c(c6)oc6ccccc67)c5)cc4c3nc2-c2ccccc2)cc1. The Balaban J connectivity index is 1.12. The summed E-state index contributed by atoms with van der Waals surface area (Å²) < 4.78 is 6.32. The molecule has 0 N–H and O–H groups in total. The summed E-state index contributed by atoms with van der Waals surface area (Å²) in [6.45, 7) is 0. The zero-order chi connectivity index (χ0) is 34.4. The summed E-state index contributed by atoms with van der Waals surface area (Å²) in [5, 5.41) is 4.43. The fraction of sp³-hybridized carbons (Fsp3) is 0. The van der Waals surface area contributed by atoms with Gasteiger partial charge in [-0.2, -0.15) is 0 Å². The Kier molecular flexibility index (Phi) is 7.10. The Labute approximate surface area is 300 Å². The van der Waals surface area contributed by atoms with Crippen LogP contribution in [-0.2, 0) is 0 Å². The molecule has 0 saturated heterocycles. The highest BCUT2D eigenvalue weighted by atomic mass is 16.3. The third kappa shape index (κ3) is 5.17. The highest BCUT2D eigenvalue weighted by Crippen LogP contribution is 2.40. The minimum absolute atomic E-state index is 0.864. The van der Waals surface area contributed by atoms with Crippen LogP contribution in [0.2, 0.25) is 0 Å². The van der Waals surface area contributed by atoms with Crippen molar-refractivity contribution in [3.05, 3.63) is 188 Å². The molecule has 0 spiro atoms. The van der Waals surface area contributed by atoms with E-state index in [1.54, 1.807) is 0 Å². The number of para-hydroxylation sites is 2. The van der Waals surface area contributed by atoms with Gasteiger partial charge in [0.25, 0.3) is 0 Å². The van der Waals surface area contributed by atoms with E-state index in [-0.39, 0.29) is 0 Å². The van der Waals surface area contributed by atoms with Gasteiger partial charge in [0.15, 0.2) is 0 Å². The predicted octanol–water partition coefficient (Wildman–Crippen LogP) is 13.2. The first-order valence-electron chi connectivity index (χ1n) is 17.5. The quantitative estimate of drug-likeness (QED) is 0.166. The first kappa shape index (κ1) is 29.8. The average molecular weight is 666 g/mol. The summed E-state index contributed by atoms with van der Waals surface area (Å²) >= 11 is 0. The fourth-order valence-electron chi connectivity index (χ4n) is 7.31. The van der Waals surface area contributed by atoms with Crippen LogP contribution >= 0.6 is 0 Å². The molecule has 0 bridgehead atoms. The molecular weight excluding hydrogens is 635 g/mol. The van der Waals surface area contributed by atoms with E-state index in [1.807, 2.05) is 36.4 Å². The first-order chi connectivity index (χ1) is 25.8. The minimum Gasteiger partial charge on any atom is -0.456 e. The number of nitrogens with zero attached hydrogens (tertiary/aromatic N) is 3. The van der Waals surface area contributed by atoms with Crippen LogP contribution in [0.15, 0.2) is 192 Å². The van der Waals surface area contributed by atoms with Gasteiger partial charge in [-0.25, -0.2) is 9.97 Å². The van der Waals surface area contributed by atoms with Crippen molar-refractivity contribution >= 4 is 60.8 Å². The van der Waals surface area contributed by atoms with Gasteiger partial charge in [0.1, 0.15) is 11.2 Å². The lowest BCUT2D eigenvalue weighted by Crippen LogP contribution is -2.09. The van der Waals surface area contributed by atoms with E-state index < -0.39 is 0 Å². The highest BCUT2D eigenvalue weighted by Gasteiger charge is 2.18. The number of fused-ring (bicyclic) bond motifs is 6. The van der Waals surface area contributed by atoms with Crippen LogP contribution < -0.4 is 4.90 Å². The van der Waals surface area contributed by atoms with Crippen molar-refractivity contribution in [3.63, 3.8) is 0 Å². The number of rotatable bonds is 6. The summed E-state index contributed by atoms with van der Waals surface area (Å²) in [5.74, 6) is 0.